The largest absolute Gasteiger partial charge is 0.573 e. The lowest BCUT2D eigenvalue weighted by molar-refractivity contribution is -0.274. The number of amides is 1. The molecule has 1 amide bonds. The molecule has 1 heterocycles. The number of carboxylic acid groups (broad SMARTS) is 1. The smallest absolute Gasteiger partial charge is 0.497 e. The maximum absolute atomic E-state index is 14.3. The van der Waals surface area contributed by atoms with Gasteiger partial charge in [-0.15, -0.1) is 13.2 Å². The number of fused-ring (bicyclic) bond motifs is 2. The van der Waals surface area contributed by atoms with E-state index >= 15 is 0 Å². The summed E-state index contributed by atoms with van der Waals surface area (Å²) in [6.07, 6.45) is -1.95. The van der Waals surface area contributed by atoms with Gasteiger partial charge in [-0.1, -0.05) is 35.0 Å². The van der Waals surface area contributed by atoms with Gasteiger partial charge in [0.05, 0.1) is 19.0 Å². The number of anilines is 2. The van der Waals surface area contributed by atoms with E-state index in [2.05, 4.69) is 15.2 Å². The normalized spacial score (nSPS) is 16.0. The first kappa shape index (κ1) is 31.0. The van der Waals surface area contributed by atoms with Crippen LogP contribution in [-0.2, 0) is 19.8 Å². The zero-order valence-electron chi connectivity index (χ0n) is 23.9. The molecule has 1 unspecified atom stereocenters. The van der Waals surface area contributed by atoms with E-state index in [0.717, 1.165) is 18.4 Å². The fourth-order valence-corrected chi connectivity index (χ4v) is 5.18. The first-order valence-corrected chi connectivity index (χ1v) is 14.0. The number of oxime groups is 1. The van der Waals surface area contributed by atoms with Gasteiger partial charge in [-0.2, -0.15) is 0 Å². The average Bonchev–Trinajstić information content (AvgIpc) is 3.67. The average molecular weight is 632 g/mol. The van der Waals surface area contributed by atoms with Crippen molar-refractivity contribution < 1.29 is 42.2 Å². The van der Waals surface area contributed by atoms with Crippen molar-refractivity contribution in [3.05, 3.63) is 82.4 Å². The number of ether oxygens (including phenoxy) is 2. The zero-order valence-corrected chi connectivity index (χ0v) is 24.7. The summed E-state index contributed by atoms with van der Waals surface area (Å²) in [6, 6.07) is 14.8. The van der Waals surface area contributed by atoms with Crippen molar-refractivity contribution in [2.45, 2.75) is 50.1 Å². The van der Waals surface area contributed by atoms with Gasteiger partial charge in [-0.05, 0) is 68.1 Å². The van der Waals surface area contributed by atoms with Crippen molar-refractivity contribution >= 4 is 41.1 Å². The maximum atomic E-state index is 14.3. The molecule has 1 aliphatic heterocycles. The lowest BCUT2D eigenvalue weighted by atomic mass is 9.99. The van der Waals surface area contributed by atoms with Crippen molar-refractivity contribution in [1.29, 1.82) is 0 Å². The van der Waals surface area contributed by atoms with Gasteiger partial charge >= 0.3 is 12.3 Å². The van der Waals surface area contributed by atoms with Crippen LogP contribution in [0.15, 0.2) is 65.8 Å². The highest BCUT2D eigenvalue weighted by Gasteiger charge is 2.54. The van der Waals surface area contributed by atoms with E-state index in [4.69, 9.17) is 21.2 Å². The van der Waals surface area contributed by atoms with Crippen LogP contribution in [-0.4, -0.2) is 48.8 Å². The number of halogens is 4. The molecule has 44 heavy (non-hydrogen) atoms. The standard InChI is InChI=1S/C31H29ClF3N3O6/c1-29(2,28(40)41)44-36-16-18-12-21(14-23(13-18)42-3)37-26(19-4-6-20(32)7-5-19)27(39)38-17-30(10-11-30)24-9-8-22(15-25(24)38)43-31(33,34)35/h4-9,12-16,26,37H,10-11,17H2,1-3H3,(H,40,41). The number of hydrogen-bond acceptors (Lipinski definition) is 7. The van der Waals surface area contributed by atoms with Crippen LogP contribution >= 0.6 is 11.6 Å². The zero-order chi connectivity index (χ0) is 31.9. The van der Waals surface area contributed by atoms with E-state index in [1.54, 1.807) is 48.5 Å². The summed E-state index contributed by atoms with van der Waals surface area (Å²) in [5.74, 6) is -1.59. The number of carbonyl (C=O) groups is 2. The molecule has 13 heteroatoms. The lowest BCUT2D eigenvalue weighted by Gasteiger charge is -2.27. The van der Waals surface area contributed by atoms with Crippen LogP contribution in [0.1, 0.15) is 49.4 Å². The molecule has 1 aliphatic carbocycles. The second-order valence-electron chi connectivity index (χ2n) is 11.2. The van der Waals surface area contributed by atoms with E-state index < -0.39 is 35.6 Å². The summed E-state index contributed by atoms with van der Waals surface area (Å²) in [6.45, 7) is 3.02. The van der Waals surface area contributed by atoms with Crippen LogP contribution < -0.4 is 19.7 Å². The van der Waals surface area contributed by atoms with Crippen LogP contribution in [0.25, 0.3) is 0 Å². The molecular weight excluding hydrogens is 603 g/mol. The minimum atomic E-state index is -4.88. The molecule has 1 spiro atoms. The van der Waals surface area contributed by atoms with Gasteiger partial charge in [-0.25, -0.2) is 4.79 Å². The first-order valence-electron chi connectivity index (χ1n) is 13.6. The number of hydrogen-bond donors (Lipinski definition) is 2. The molecule has 1 saturated carbocycles. The number of benzene rings is 3. The van der Waals surface area contributed by atoms with Crippen LogP contribution in [0, 0.1) is 0 Å². The Morgan fingerprint density at radius 3 is 2.39 bits per heavy atom. The number of aliphatic carboxylic acids is 1. The van der Waals surface area contributed by atoms with Gasteiger partial charge in [0.2, 0.25) is 5.60 Å². The van der Waals surface area contributed by atoms with Gasteiger partial charge < -0.3 is 29.6 Å². The Balaban J connectivity index is 1.49. The lowest BCUT2D eigenvalue weighted by Crippen LogP contribution is -2.38. The predicted molar refractivity (Wildman–Crippen MR) is 158 cm³/mol. The maximum Gasteiger partial charge on any atom is 0.573 e. The molecule has 5 rings (SSSR count). The molecule has 232 valence electrons. The van der Waals surface area contributed by atoms with Crippen LogP contribution in [0.5, 0.6) is 11.5 Å². The molecule has 0 bridgehead atoms. The molecule has 0 radical (unpaired) electrons. The topological polar surface area (TPSA) is 110 Å². The van der Waals surface area contributed by atoms with E-state index in [1.807, 2.05) is 0 Å². The summed E-state index contributed by atoms with van der Waals surface area (Å²) in [5, 5.41) is 16.8. The molecule has 3 aromatic carbocycles. The van der Waals surface area contributed by atoms with E-state index in [9.17, 15) is 27.9 Å². The molecule has 1 atom stereocenters. The number of methoxy groups -OCH3 is 1. The summed E-state index contributed by atoms with van der Waals surface area (Å²) in [4.78, 5) is 32.3. The van der Waals surface area contributed by atoms with Gasteiger partial charge in [0.25, 0.3) is 5.91 Å². The molecular formula is C31H29ClF3N3O6. The van der Waals surface area contributed by atoms with E-state index in [1.165, 1.54) is 44.2 Å². The van der Waals surface area contributed by atoms with Crippen LogP contribution in [0.3, 0.4) is 0 Å². The first-order chi connectivity index (χ1) is 20.7. The summed E-state index contributed by atoms with van der Waals surface area (Å²) in [7, 11) is 1.46. The van der Waals surface area contributed by atoms with Gasteiger partial charge in [0, 0.05) is 40.4 Å². The third-order valence-electron chi connectivity index (χ3n) is 7.57. The Morgan fingerprint density at radius 1 is 1.07 bits per heavy atom. The highest BCUT2D eigenvalue weighted by Crippen LogP contribution is 2.57. The number of carbonyl (C=O) groups excluding carboxylic acids is 1. The SMILES string of the molecule is COc1cc(C=NOC(C)(C)C(=O)O)cc(NC(C(=O)N2CC3(CC3)c3ccc(OC(F)(F)F)cc32)c2ccc(Cl)cc2)c1. The third kappa shape index (κ3) is 6.70. The Labute approximate surface area is 256 Å². The van der Waals surface area contributed by atoms with Crippen molar-refractivity contribution in [2.24, 2.45) is 5.16 Å². The van der Waals surface area contributed by atoms with Gasteiger partial charge in [0.1, 0.15) is 17.5 Å². The molecule has 2 aliphatic rings. The minimum Gasteiger partial charge on any atom is -0.497 e. The summed E-state index contributed by atoms with van der Waals surface area (Å²) >= 11 is 6.13. The summed E-state index contributed by atoms with van der Waals surface area (Å²) in [5.41, 5.74) is 0.795. The number of carboxylic acids is 1. The Kier molecular flexibility index (Phi) is 8.15. The molecule has 0 aromatic heterocycles. The second-order valence-corrected chi connectivity index (χ2v) is 11.6. The Bertz CT molecular complexity index is 1610. The minimum absolute atomic E-state index is 0.310. The predicted octanol–water partition coefficient (Wildman–Crippen LogP) is 6.69. The molecule has 2 N–H and O–H groups in total. The van der Waals surface area contributed by atoms with Crippen molar-refractivity contribution in [2.75, 3.05) is 23.9 Å². The molecule has 3 aromatic rings. The quantitative estimate of drug-likeness (QED) is 0.189. The van der Waals surface area contributed by atoms with Crippen LogP contribution in [0.4, 0.5) is 24.5 Å². The van der Waals surface area contributed by atoms with E-state index in [0.29, 0.717) is 39.8 Å². The summed E-state index contributed by atoms with van der Waals surface area (Å²) < 4.78 is 48.7. The van der Waals surface area contributed by atoms with Crippen molar-refractivity contribution in [3.8, 4) is 11.5 Å². The fourth-order valence-electron chi connectivity index (χ4n) is 5.05. The number of rotatable bonds is 10. The van der Waals surface area contributed by atoms with Gasteiger partial charge in [-0.3, -0.25) is 4.79 Å². The third-order valence-corrected chi connectivity index (χ3v) is 7.82. The Hall–Kier alpha value is -4.45. The number of nitrogens with zero attached hydrogens (tertiary/aromatic N) is 2. The fraction of sp³-hybridized carbons (Fsp3) is 0.323. The number of nitrogens with one attached hydrogen (secondary N) is 1. The van der Waals surface area contributed by atoms with Crippen LogP contribution in [0.2, 0.25) is 5.02 Å². The highest BCUT2D eigenvalue weighted by molar-refractivity contribution is 6.30. The molecule has 1 fully saturated rings. The van der Waals surface area contributed by atoms with Crippen molar-refractivity contribution in [3.63, 3.8) is 0 Å². The van der Waals surface area contributed by atoms with Gasteiger partial charge in [0.15, 0.2) is 0 Å². The highest BCUT2D eigenvalue weighted by atomic mass is 35.5. The monoisotopic (exact) mass is 631 g/mol. The van der Waals surface area contributed by atoms with Crippen molar-refractivity contribution in [1.82, 2.24) is 0 Å². The number of alkyl halides is 3. The second kappa shape index (κ2) is 11.6. The van der Waals surface area contributed by atoms with E-state index in [-0.39, 0.29) is 5.41 Å². The Morgan fingerprint density at radius 2 is 1.77 bits per heavy atom. The molecule has 9 nitrogen and oxygen atoms in total. The molecule has 0 saturated heterocycles.